The zero-order valence-electron chi connectivity index (χ0n) is 9.28. The van der Waals surface area contributed by atoms with Crippen LogP contribution < -0.4 is 0 Å². The van der Waals surface area contributed by atoms with Gasteiger partial charge in [-0.25, -0.2) is 0 Å². The Hall–Kier alpha value is 0.0200. The molecule has 0 rings (SSSR count). The lowest BCUT2D eigenvalue weighted by atomic mass is 10.2. The number of hydrogen-bond acceptors (Lipinski definition) is 3. The van der Waals surface area contributed by atoms with Crippen LogP contribution in [0.3, 0.4) is 0 Å². The molecular formula is C9H21NO2P+. The SMILES string of the molecule is CC(C)N(CCO[P+](C)=O)C(C)C. The Morgan fingerprint density at radius 1 is 1.23 bits per heavy atom. The first-order valence-electron chi connectivity index (χ1n) is 4.74. The zero-order valence-corrected chi connectivity index (χ0v) is 10.2. The Balaban J connectivity index is 3.77. The molecular weight excluding hydrogens is 185 g/mol. The molecule has 0 spiro atoms. The molecule has 0 saturated carbocycles. The van der Waals surface area contributed by atoms with E-state index in [4.69, 9.17) is 4.52 Å². The van der Waals surface area contributed by atoms with Crippen LogP contribution in [0, 0.1) is 0 Å². The molecule has 0 radical (unpaired) electrons. The molecule has 78 valence electrons. The molecule has 13 heavy (non-hydrogen) atoms. The molecule has 0 aliphatic heterocycles. The fourth-order valence-corrected chi connectivity index (χ4v) is 1.73. The zero-order chi connectivity index (χ0) is 10.4. The van der Waals surface area contributed by atoms with Gasteiger partial charge < -0.3 is 0 Å². The molecule has 0 fully saturated rings. The summed E-state index contributed by atoms with van der Waals surface area (Å²) >= 11 is 0. The van der Waals surface area contributed by atoms with Crippen LogP contribution in [0.4, 0.5) is 0 Å². The van der Waals surface area contributed by atoms with Gasteiger partial charge in [-0.2, -0.15) is 0 Å². The van der Waals surface area contributed by atoms with Crippen molar-refractivity contribution in [2.75, 3.05) is 19.8 Å². The van der Waals surface area contributed by atoms with Gasteiger partial charge in [0.15, 0.2) is 6.66 Å². The molecule has 0 aliphatic carbocycles. The molecule has 0 saturated heterocycles. The van der Waals surface area contributed by atoms with Crippen LogP contribution in [-0.2, 0) is 9.09 Å². The summed E-state index contributed by atoms with van der Waals surface area (Å²) in [4.78, 5) is 2.32. The van der Waals surface area contributed by atoms with Crippen LogP contribution in [0.1, 0.15) is 27.7 Å². The average molecular weight is 206 g/mol. The summed E-state index contributed by atoms with van der Waals surface area (Å²) in [6.07, 6.45) is 0. The lowest BCUT2D eigenvalue weighted by molar-refractivity contribution is 0.145. The number of nitrogens with zero attached hydrogens (tertiary/aromatic N) is 1. The standard InChI is InChI=1S/C9H21NO2P/c1-8(2)10(9(3)4)6-7-12-13(5)11/h8-9H,6-7H2,1-5H3/q+1. The van der Waals surface area contributed by atoms with Gasteiger partial charge in [0.1, 0.15) is 6.61 Å². The highest BCUT2D eigenvalue weighted by Gasteiger charge is 2.15. The van der Waals surface area contributed by atoms with Gasteiger partial charge in [0.2, 0.25) is 0 Å². The van der Waals surface area contributed by atoms with Crippen molar-refractivity contribution in [1.82, 2.24) is 4.90 Å². The lowest BCUT2D eigenvalue weighted by Gasteiger charge is -2.29. The molecule has 0 aromatic rings. The van der Waals surface area contributed by atoms with Gasteiger partial charge in [-0.1, -0.05) is 0 Å². The monoisotopic (exact) mass is 206 g/mol. The first-order valence-corrected chi connectivity index (χ1v) is 6.37. The van der Waals surface area contributed by atoms with E-state index >= 15 is 0 Å². The van der Waals surface area contributed by atoms with Crippen molar-refractivity contribution >= 4 is 8.03 Å². The van der Waals surface area contributed by atoms with Crippen molar-refractivity contribution in [2.45, 2.75) is 39.8 Å². The maximum atomic E-state index is 10.7. The van der Waals surface area contributed by atoms with E-state index in [2.05, 4.69) is 32.6 Å². The predicted molar refractivity (Wildman–Crippen MR) is 56.5 cm³/mol. The molecule has 0 amide bonds. The van der Waals surface area contributed by atoms with Crippen molar-refractivity contribution in [2.24, 2.45) is 0 Å². The molecule has 0 heterocycles. The average Bonchev–Trinajstić information content (AvgIpc) is 1.95. The quantitative estimate of drug-likeness (QED) is 0.625. The highest BCUT2D eigenvalue weighted by atomic mass is 31.1. The molecule has 1 unspecified atom stereocenters. The normalized spacial score (nSPS) is 13.1. The van der Waals surface area contributed by atoms with E-state index in [-0.39, 0.29) is 0 Å². The Bertz CT molecular complexity index is 152. The van der Waals surface area contributed by atoms with Crippen molar-refractivity contribution < 1.29 is 9.09 Å². The summed E-state index contributed by atoms with van der Waals surface area (Å²) in [5.41, 5.74) is 0. The second-order valence-electron chi connectivity index (χ2n) is 3.70. The van der Waals surface area contributed by atoms with E-state index in [9.17, 15) is 4.57 Å². The van der Waals surface area contributed by atoms with Crippen LogP contribution in [0.15, 0.2) is 0 Å². The van der Waals surface area contributed by atoms with Crippen LogP contribution in [-0.4, -0.2) is 36.8 Å². The number of rotatable bonds is 6. The third-order valence-electron chi connectivity index (χ3n) is 1.95. The van der Waals surface area contributed by atoms with Crippen molar-refractivity contribution in [1.29, 1.82) is 0 Å². The van der Waals surface area contributed by atoms with E-state index in [0.717, 1.165) is 6.54 Å². The third kappa shape index (κ3) is 6.14. The second kappa shape index (κ2) is 6.47. The Morgan fingerprint density at radius 3 is 2.00 bits per heavy atom. The molecule has 0 bridgehead atoms. The van der Waals surface area contributed by atoms with E-state index in [1.165, 1.54) is 0 Å². The van der Waals surface area contributed by atoms with Gasteiger partial charge in [-0.3, -0.25) is 4.90 Å². The van der Waals surface area contributed by atoms with Crippen LogP contribution in [0.2, 0.25) is 0 Å². The Kier molecular flexibility index (Phi) is 6.48. The summed E-state index contributed by atoms with van der Waals surface area (Å²) in [5.74, 6) is 0. The molecule has 3 nitrogen and oxygen atoms in total. The minimum Gasteiger partial charge on any atom is -0.296 e. The van der Waals surface area contributed by atoms with Crippen LogP contribution in [0.25, 0.3) is 0 Å². The fraction of sp³-hybridized carbons (Fsp3) is 1.00. The van der Waals surface area contributed by atoms with Gasteiger partial charge in [0, 0.05) is 18.6 Å². The van der Waals surface area contributed by atoms with Crippen molar-refractivity contribution in [3.8, 4) is 0 Å². The minimum absolute atomic E-state index is 0.512. The van der Waals surface area contributed by atoms with Gasteiger partial charge in [0.25, 0.3) is 0 Å². The maximum absolute atomic E-state index is 10.7. The Morgan fingerprint density at radius 2 is 1.69 bits per heavy atom. The number of hydrogen-bond donors (Lipinski definition) is 0. The van der Waals surface area contributed by atoms with Crippen LogP contribution >= 0.6 is 8.03 Å². The van der Waals surface area contributed by atoms with Crippen molar-refractivity contribution in [3.63, 3.8) is 0 Å². The largest absolute Gasteiger partial charge is 0.504 e. The van der Waals surface area contributed by atoms with Gasteiger partial charge in [0.05, 0.1) is 0 Å². The minimum atomic E-state index is -1.45. The maximum Gasteiger partial charge on any atom is 0.504 e. The van der Waals surface area contributed by atoms with Gasteiger partial charge >= 0.3 is 8.03 Å². The highest BCUT2D eigenvalue weighted by molar-refractivity contribution is 7.38. The van der Waals surface area contributed by atoms with E-state index < -0.39 is 8.03 Å². The lowest BCUT2D eigenvalue weighted by Crippen LogP contribution is -2.39. The molecule has 4 heteroatoms. The van der Waals surface area contributed by atoms with Crippen LogP contribution in [0.5, 0.6) is 0 Å². The summed E-state index contributed by atoms with van der Waals surface area (Å²) < 4.78 is 15.7. The third-order valence-corrected chi connectivity index (χ3v) is 2.50. The first-order chi connectivity index (χ1) is 5.95. The summed E-state index contributed by atoms with van der Waals surface area (Å²) in [6, 6.07) is 1.02. The smallest absolute Gasteiger partial charge is 0.296 e. The second-order valence-corrected chi connectivity index (χ2v) is 4.84. The molecule has 0 aromatic heterocycles. The van der Waals surface area contributed by atoms with E-state index in [1.807, 2.05) is 0 Å². The fourth-order valence-electron chi connectivity index (χ4n) is 1.39. The summed E-state index contributed by atoms with van der Waals surface area (Å²) in [6.45, 7) is 11.6. The van der Waals surface area contributed by atoms with Gasteiger partial charge in [-0.05, 0) is 32.3 Å². The molecule has 1 atom stereocenters. The van der Waals surface area contributed by atoms with Gasteiger partial charge in [-0.15, -0.1) is 4.52 Å². The Labute approximate surface area is 82.3 Å². The summed E-state index contributed by atoms with van der Waals surface area (Å²) in [5, 5.41) is 0. The first kappa shape index (κ1) is 13.0. The van der Waals surface area contributed by atoms with E-state index in [1.54, 1.807) is 6.66 Å². The molecule has 0 aromatic carbocycles. The predicted octanol–water partition coefficient (Wildman–Crippen LogP) is 2.49. The molecule has 0 N–H and O–H groups in total. The topological polar surface area (TPSA) is 29.5 Å². The highest BCUT2D eigenvalue weighted by Crippen LogP contribution is 2.15. The van der Waals surface area contributed by atoms with Crippen molar-refractivity contribution in [3.05, 3.63) is 0 Å². The van der Waals surface area contributed by atoms with E-state index in [0.29, 0.717) is 18.7 Å². The molecule has 0 aliphatic rings. The summed E-state index contributed by atoms with van der Waals surface area (Å²) in [7, 11) is -1.45.